The highest BCUT2D eigenvalue weighted by molar-refractivity contribution is 9.11. The average Bonchev–Trinajstić information content (AvgIpc) is 2.75. The van der Waals surface area contributed by atoms with Crippen LogP contribution in [0.1, 0.15) is 15.9 Å². The Balaban J connectivity index is 1.93. The van der Waals surface area contributed by atoms with E-state index in [0.717, 1.165) is 10.3 Å². The zero-order valence-corrected chi connectivity index (χ0v) is 12.8. The van der Waals surface area contributed by atoms with E-state index in [0.29, 0.717) is 12.1 Å². The van der Waals surface area contributed by atoms with E-state index in [-0.39, 0.29) is 11.6 Å². The van der Waals surface area contributed by atoms with Crippen molar-refractivity contribution >= 4 is 33.0 Å². The third-order valence-corrected chi connectivity index (χ3v) is 4.21. The second-order valence-electron chi connectivity index (χ2n) is 4.36. The quantitative estimate of drug-likeness (QED) is 0.767. The summed E-state index contributed by atoms with van der Waals surface area (Å²) in [7, 11) is 1.90. The molecule has 0 saturated carbocycles. The minimum atomic E-state index is -0.326. The van der Waals surface area contributed by atoms with Crippen molar-refractivity contribution in [1.82, 2.24) is 4.90 Å². The van der Waals surface area contributed by atoms with Gasteiger partial charge in [-0.1, -0.05) is 0 Å². The molecule has 1 aromatic heterocycles. The van der Waals surface area contributed by atoms with Gasteiger partial charge in [0.15, 0.2) is 5.78 Å². The first-order valence-electron chi connectivity index (χ1n) is 5.75. The Kier molecular flexibility index (Phi) is 4.85. The Morgan fingerprint density at radius 3 is 2.63 bits per heavy atom. The summed E-state index contributed by atoms with van der Waals surface area (Å²) in [6.07, 6.45) is 0. The maximum Gasteiger partial charge on any atom is 0.176 e. The minimum absolute atomic E-state index is 0.00297. The van der Waals surface area contributed by atoms with Crippen LogP contribution in [0.2, 0.25) is 0 Å². The molecule has 0 aliphatic rings. The number of carbonyl (C=O) groups is 1. The molecular formula is C14H13BrFNOS. The number of carbonyl (C=O) groups excluding carboxylic acids is 1. The Bertz CT molecular complexity index is 567. The SMILES string of the molecule is CN(CC(=O)c1ccc(F)cc1)Cc1csc(Br)c1. The number of Topliss-reactive ketones (excluding diaryl/α,β-unsaturated/α-hetero) is 1. The smallest absolute Gasteiger partial charge is 0.176 e. The lowest BCUT2D eigenvalue weighted by molar-refractivity contribution is 0.0943. The summed E-state index contributed by atoms with van der Waals surface area (Å²) < 4.78 is 13.9. The number of ketones is 1. The highest BCUT2D eigenvalue weighted by Crippen LogP contribution is 2.21. The van der Waals surface area contributed by atoms with Crippen LogP contribution in [-0.4, -0.2) is 24.3 Å². The van der Waals surface area contributed by atoms with E-state index in [1.54, 1.807) is 11.3 Å². The summed E-state index contributed by atoms with van der Waals surface area (Å²) in [6.45, 7) is 1.04. The molecule has 2 aromatic rings. The molecule has 19 heavy (non-hydrogen) atoms. The molecule has 0 N–H and O–H groups in total. The molecule has 0 amide bonds. The normalized spacial score (nSPS) is 10.9. The van der Waals surface area contributed by atoms with E-state index < -0.39 is 0 Å². The molecule has 100 valence electrons. The average molecular weight is 342 g/mol. The van der Waals surface area contributed by atoms with Gasteiger partial charge in [0.2, 0.25) is 0 Å². The fraction of sp³-hybridized carbons (Fsp3) is 0.214. The van der Waals surface area contributed by atoms with Gasteiger partial charge in [0, 0.05) is 12.1 Å². The fourth-order valence-electron chi connectivity index (χ4n) is 1.77. The Morgan fingerprint density at radius 2 is 2.05 bits per heavy atom. The fourth-order valence-corrected chi connectivity index (χ4v) is 2.97. The van der Waals surface area contributed by atoms with Gasteiger partial charge in [-0.3, -0.25) is 9.69 Å². The monoisotopic (exact) mass is 341 g/mol. The van der Waals surface area contributed by atoms with Crippen LogP contribution in [-0.2, 0) is 6.54 Å². The number of rotatable bonds is 5. The summed E-state index contributed by atoms with van der Waals surface area (Å²) in [5.41, 5.74) is 1.71. The Labute approximate surface area is 124 Å². The number of thiophene rings is 1. The molecule has 1 aromatic carbocycles. The summed E-state index contributed by atoms with van der Waals surface area (Å²) in [5, 5.41) is 2.06. The van der Waals surface area contributed by atoms with Gasteiger partial charge >= 0.3 is 0 Å². The lowest BCUT2D eigenvalue weighted by Crippen LogP contribution is -2.25. The van der Waals surface area contributed by atoms with Crippen LogP contribution in [0.3, 0.4) is 0 Å². The molecule has 0 atom stereocenters. The van der Waals surface area contributed by atoms with Crippen molar-refractivity contribution in [2.24, 2.45) is 0 Å². The van der Waals surface area contributed by atoms with E-state index >= 15 is 0 Å². The standard InChI is InChI=1S/C14H13BrFNOS/c1-17(7-10-6-14(15)19-9-10)8-13(18)11-2-4-12(16)5-3-11/h2-6,9H,7-8H2,1H3. The van der Waals surface area contributed by atoms with Gasteiger partial charge in [0.25, 0.3) is 0 Å². The highest BCUT2D eigenvalue weighted by Gasteiger charge is 2.10. The largest absolute Gasteiger partial charge is 0.295 e. The van der Waals surface area contributed by atoms with E-state index in [9.17, 15) is 9.18 Å². The summed E-state index contributed by atoms with van der Waals surface area (Å²) in [4.78, 5) is 13.9. The molecule has 0 fully saturated rings. The zero-order valence-electron chi connectivity index (χ0n) is 10.4. The number of likely N-dealkylation sites (N-methyl/N-ethyl adjacent to an activating group) is 1. The summed E-state index contributed by atoms with van der Waals surface area (Å²) in [6, 6.07) is 7.70. The molecular weight excluding hydrogens is 329 g/mol. The lowest BCUT2D eigenvalue weighted by Gasteiger charge is -2.14. The number of hydrogen-bond acceptors (Lipinski definition) is 3. The molecule has 0 aliphatic heterocycles. The van der Waals surface area contributed by atoms with Crippen molar-refractivity contribution in [2.45, 2.75) is 6.54 Å². The first kappa shape index (κ1) is 14.4. The van der Waals surface area contributed by atoms with Crippen LogP contribution in [0.25, 0.3) is 0 Å². The maximum atomic E-state index is 12.8. The molecule has 1 heterocycles. The van der Waals surface area contributed by atoms with Gasteiger partial charge in [-0.2, -0.15) is 0 Å². The second-order valence-corrected chi connectivity index (χ2v) is 6.65. The van der Waals surface area contributed by atoms with Crippen LogP contribution >= 0.6 is 27.3 Å². The van der Waals surface area contributed by atoms with Gasteiger partial charge in [-0.15, -0.1) is 11.3 Å². The molecule has 0 saturated heterocycles. The summed E-state index contributed by atoms with van der Waals surface area (Å²) in [5.74, 6) is -0.329. The van der Waals surface area contributed by atoms with Gasteiger partial charge < -0.3 is 0 Å². The van der Waals surface area contributed by atoms with Gasteiger partial charge in [-0.05, 0) is 64.3 Å². The molecule has 0 spiro atoms. The van der Waals surface area contributed by atoms with Crippen molar-refractivity contribution in [2.75, 3.05) is 13.6 Å². The van der Waals surface area contributed by atoms with Crippen LogP contribution in [0.5, 0.6) is 0 Å². The van der Waals surface area contributed by atoms with E-state index in [2.05, 4.69) is 21.3 Å². The Morgan fingerprint density at radius 1 is 1.37 bits per heavy atom. The van der Waals surface area contributed by atoms with Crippen molar-refractivity contribution < 1.29 is 9.18 Å². The third kappa shape index (κ3) is 4.23. The van der Waals surface area contributed by atoms with E-state index in [4.69, 9.17) is 0 Å². The second kappa shape index (κ2) is 6.41. The van der Waals surface area contributed by atoms with Gasteiger partial charge in [0.1, 0.15) is 5.82 Å². The van der Waals surface area contributed by atoms with E-state index in [1.165, 1.54) is 29.8 Å². The third-order valence-electron chi connectivity index (χ3n) is 2.65. The highest BCUT2D eigenvalue weighted by atomic mass is 79.9. The van der Waals surface area contributed by atoms with Crippen LogP contribution in [0.4, 0.5) is 4.39 Å². The first-order valence-corrected chi connectivity index (χ1v) is 7.42. The van der Waals surface area contributed by atoms with E-state index in [1.807, 2.05) is 18.0 Å². The van der Waals surface area contributed by atoms with Crippen LogP contribution in [0.15, 0.2) is 39.5 Å². The molecule has 2 nitrogen and oxygen atoms in total. The van der Waals surface area contributed by atoms with Crippen molar-refractivity contribution in [1.29, 1.82) is 0 Å². The summed E-state index contributed by atoms with van der Waals surface area (Å²) >= 11 is 5.04. The predicted molar refractivity (Wildman–Crippen MR) is 79.1 cm³/mol. The number of benzene rings is 1. The van der Waals surface area contributed by atoms with Crippen LogP contribution < -0.4 is 0 Å². The van der Waals surface area contributed by atoms with Crippen molar-refractivity contribution in [3.05, 3.63) is 56.4 Å². The lowest BCUT2D eigenvalue weighted by atomic mass is 10.1. The maximum absolute atomic E-state index is 12.8. The van der Waals surface area contributed by atoms with Crippen molar-refractivity contribution in [3.63, 3.8) is 0 Å². The minimum Gasteiger partial charge on any atom is -0.295 e. The zero-order chi connectivity index (χ0) is 13.8. The molecule has 0 aliphatic carbocycles. The first-order chi connectivity index (χ1) is 9.04. The number of hydrogen-bond donors (Lipinski definition) is 0. The molecule has 0 unspecified atom stereocenters. The van der Waals surface area contributed by atoms with Gasteiger partial charge in [-0.25, -0.2) is 4.39 Å². The number of nitrogens with zero attached hydrogens (tertiary/aromatic N) is 1. The Hall–Kier alpha value is -1.04. The van der Waals surface area contributed by atoms with Crippen molar-refractivity contribution in [3.8, 4) is 0 Å². The molecule has 0 bridgehead atoms. The van der Waals surface area contributed by atoms with Crippen LogP contribution in [0, 0.1) is 5.82 Å². The molecule has 2 rings (SSSR count). The van der Waals surface area contributed by atoms with Gasteiger partial charge in [0.05, 0.1) is 10.3 Å². The predicted octanol–water partition coefficient (Wildman–Crippen LogP) is 3.96. The molecule has 5 heteroatoms. The topological polar surface area (TPSA) is 20.3 Å². The molecule has 0 radical (unpaired) electrons. The number of halogens is 2.